The van der Waals surface area contributed by atoms with E-state index in [4.69, 9.17) is 9.84 Å². The molecule has 4 aromatic rings. The summed E-state index contributed by atoms with van der Waals surface area (Å²) in [5.41, 5.74) is 4.56. The van der Waals surface area contributed by atoms with E-state index in [9.17, 15) is 9.18 Å². The van der Waals surface area contributed by atoms with Crippen molar-refractivity contribution in [2.75, 3.05) is 0 Å². The fraction of sp³-hybridized carbons (Fsp3) is 0.250. The quantitative estimate of drug-likeness (QED) is 0.233. The van der Waals surface area contributed by atoms with Gasteiger partial charge >= 0.3 is 12.0 Å². The summed E-state index contributed by atoms with van der Waals surface area (Å²) in [4.78, 5) is 26.9. The molecule has 7 nitrogen and oxygen atoms in total. The molecule has 0 saturated heterocycles. The maximum Gasteiger partial charge on any atom is 0.316 e. The Morgan fingerprint density at radius 2 is 1.94 bits per heavy atom. The maximum atomic E-state index is 15.0. The lowest BCUT2D eigenvalue weighted by Gasteiger charge is -2.33. The first kappa shape index (κ1) is 21.7. The highest BCUT2D eigenvalue weighted by molar-refractivity contribution is 14.1. The molecule has 1 aliphatic carbocycles. The zero-order valence-corrected chi connectivity index (χ0v) is 19.6. The highest BCUT2D eigenvalue weighted by Crippen LogP contribution is 2.33. The van der Waals surface area contributed by atoms with Crippen LogP contribution in [0.25, 0.3) is 33.5 Å². The number of carbonyl (C=O) groups is 1. The molecule has 0 atom stereocenters. The van der Waals surface area contributed by atoms with E-state index in [1.807, 2.05) is 24.3 Å². The zero-order chi connectivity index (χ0) is 22.9. The SMILES string of the molecule is O=C(O)C[C@H]1C[C@@H](Oc2ncc(-c3ccc(-c4nc5cc(CI)ccc5[nH]4)c(F)c3)cn2)C1. The fourth-order valence-electron chi connectivity index (χ4n) is 4.01. The Kier molecular flexibility index (Phi) is 5.96. The molecule has 1 aliphatic rings. The van der Waals surface area contributed by atoms with Gasteiger partial charge in [0.1, 0.15) is 17.7 Å². The van der Waals surface area contributed by atoms with Crippen LogP contribution in [0.1, 0.15) is 24.8 Å². The number of aromatic amines is 1. The highest BCUT2D eigenvalue weighted by Gasteiger charge is 2.32. The predicted molar refractivity (Wildman–Crippen MR) is 130 cm³/mol. The lowest BCUT2D eigenvalue weighted by Crippen LogP contribution is -2.35. The maximum absolute atomic E-state index is 15.0. The molecule has 1 saturated carbocycles. The van der Waals surface area contributed by atoms with Crippen molar-refractivity contribution >= 4 is 39.6 Å². The van der Waals surface area contributed by atoms with Gasteiger partial charge in [-0.15, -0.1) is 0 Å². The van der Waals surface area contributed by atoms with E-state index in [2.05, 4.69) is 42.5 Å². The van der Waals surface area contributed by atoms with Gasteiger partial charge in [0.15, 0.2) is 0 Å². The summed E-state index contributed by atoms with van der Waals surface area (Å²) in [7, 11) is 0. The molecule has 2 aromatic carbocycles. The second-order valence-corrected chi connectivity index (χ2v) is 8.96. The van der Waals surface area contributed by atoms with E-state index in [0.717, 1.165) is 15.5 Å². The molecule has 0 aliphatic heterocycles. The number of H-pyrrole nitrogens is 1. The zero-order valence-electron chi connectivity index (χ0n) is 17.5. The smallest absolute Gasteiger partial charge is 0.316 e. The number of alkyl halides is 1. The molecular weight excluding hydrogens is 538 g/mol. The van der Waals surface area contributed by atoms with E-state index < -0.39 is 5.97 Å². The number of hydrogen-bond donors (Lipinski definition) is 2. The van der Waals surface area contributed by atoms with Gasteiger partial charge < -0.3 is 14.8 Å². The number of halogens is 2. The molecule has 5 rings (SSSR count). The Labute approximate surface area is 202 Å². The summed E-state index contributed by atoms with van der Waals surface area (Å²) >= 11 is 2.30. The van der Waals surface area contributed by atoms with Crippen LogP contribution in [0, 0.1) is 11.7 Å². The summed E-state index contributed by atoms with van der Waals surface area (Å²) in [5, 5.41) is 8.82. The van der Waals surface area contributed by atoms with Crippen molar-refractivity contribution in [2.45, 2.75) is 29.8 Å². The van der Waals surface area contributed by atoms with Crippen molar-refractivity contribution in [2.24, 2.45) is 5.92 Å². The van der Waals surface area contributed by atoms with Crippen molar-refractivity contribution in [1.29, 1.82) is 0 Å². The summed E-state index contributed by atoms with van der Waals surface area (Å²) in [6, 6.07) is 11.2. The number of hydrogen-bond acceptors (Lipinski definition) is 5. The van der Waals surface area contributed by atoms with Crippen LogP contribution in [-0.2, 0) is 9.22 Å². The van der Waals surface area contributed by atoms with Crippen LogP contribution in [-0.4, -0.2) is 37.1 Å². The van der Waals surface area contributed by atoms with Gasteiger partial charge in [-0.2, -0.15) is 0 Å². The summed E-state index contributed by atoms with van der Waals surface area (Å²) in [6.45, 7) is 0. The van der Waals surface area contributed by atoms with E-state index in [-0.39, 0.29) is 30.3 Å². The molecule has 0 bridgehead atoms. The molecule has 33 heavy (non-hydrogen) atoms. The second-order valence-electron chi connectivity index (χ2n) is 8.19. The number of benzene rings is 2. The minimum absolute atomic E-state index is 0.0614. The molecule has 0 amide bonds. The van der Waals surface area contributed by atoms with E-state index in [1.54, 1.807) is 18.5 Å². The van der Waals surface area contributed by atoms with Crippen LogP contribution in [0.4, 0.5) is 4.39 Å². The molecule has 2 aromatic heterocycles. The molecule has 0 radical (unpaired) electrons. The van der Waals surface area contributed by atoms with Gasteiger partial charge in [0, 0.05) is 28.8 Å². The van der Waals surface area contributed by atoms with Gasteiger partial charge in [0.25, 0.3) is 0 Å². The third kappa shape index (κ3) is 4.68. The number of carboxylic acids is 1. The van der Waals surface area contributed by atoms with E-state index in [1.165, 1.54) is 11.6 Å². The van der Waals surface area contributed by atoms with Crippen molar-refractivity contribution < 1.29 is 19.0 Å². The number of nitrogens with one attached hydrogen (secondary N) is 1. The number of nitrogens with zero attached hydrogens (tertiary/aromatic N) is 3. The monoisotopic (exact) mass is 558 g/mol. The number of fused-ring (bicyclic) bond motifs is 1. The predicted octanol–water partition coefficient (Wildman–Crippen LogP) is 5.39. The minimum Gasteiger partial charge on any atom is -0.481 e. The third-order valence-corrected chi connectivity index (χ3v) is 6.70. The van der Waals surface area contributed by atoms with Crippen LogP contribution in [0.15, 0.2) is 48.8 Å². The number of ether oxygens (including phenoxy) is 1. The van der Waals surface area contributed by atoms with E-state index >= 15 is 0 Å². The summed E-state index contributed by atoms with van der Waals surface area (Å²) in [6.07, 6.45) is 4.66. The van der Waals surface area contributed by atoms with Gasteiger partial charge in [-0.3, -0.25) is 4.79 Å². The van der Waals surface area contributed by atoms with Gasteiger partial charge in [-0.05, 0) is 54.2 Å². The molecule has 168 valence electrons. The molecule has 0 spiro atoms. The third-order valence-electron chi connectivity index (χ3n) is 5.82. The first-order chi connectivity index (χ1) is 16.0. The standard InChI is InChI=1S/C24H20FIN4O3/c25-19-9-15(2-3-18(19)23-29-20-4-1-13(10-26)7-21(20)30-23)16-11-27-24(28-12-16)33-17-5-14(6-17)8-22(31)32/h1-4,7,9,11-12,14,17H,5-6,8,10H2,(H,29,30)(H,31,32)/t14-,17+. The Hall–Kier alpha value is -3.08. The number of rotatable bonds is 7. The van der Waals surface area contributed by atoms with Gasteiger partial charge in [-0.25, -0.2) is 19.3 Å². The average molecular weight is 558 g/mol. The Bertz CT molecular complexity index is 1320. The van der Waals surface area contributed by atoms with Crippen molar-refractivity contribution in [3.05, 3.63) is 60.2 Å². The lowest BCUT2D eigenvalue weighted by atomic mass is 9.80. The molecule has 9 heteroatoms. The minimum atomic E-state index is -0.789. The first-order valence-electron chi connectivity index (χ1n) is 10.5. The van der Waals surface area contributed by atoms with Crippen molar-refractivity contribution in [1.82, 2.24) is 19.9 Å². The summed E-state index contributed by atoms with van der Waals surface area (Å²) < 4.78 is 21.5. The number of aliphatic carboxylic acids is 1. The van der Waals surface area contributed by atoms with E-state index in [0.29, 0.717) is 35.4 Å². The van der Waals surface area contributed by atoms with Crippen LogP contribution < -0.4 is 4.74 Å². The van der Waals surface area contributed by atoms with Crippen LogP contribution in [0.3, 0.4) is 0 Å². The molecular formula is C24H20FIN4O3. The Balaban J connectivity index is 1.29. The van der Waals surface area contributed by atoms with Crippen LogP contribution in [0.5, 0.6) is 6.01 Å². The van der Waals surface area contributed by atoms with Crippen LogP contribution >= 0.6 is 22.6 Å². The number of carboxylic acid groups (broad SMARTS) is 1. The van der Waals surface area contributed by atoms with Crippen LogP contribution in [0.2, 0.25) is 0 Å². The Morgan fingerprint density at radius 3 is 2.64 bits per heavy atom. The normalized spacial score (nSPS) is 17.6. The molecule has 1 fully saturated rings. The second kappa shape index (κ2) is 9.05. The molecule has 2 heterocycles. The van der Waals surface area contributed by atoms with Crippen molar-refractivity contribution in [3.63, 3.8) is 0 Å². The summed E-state index contributed by atoms with van der Waals surface area (Å²) in [5.74, 6) is -0.544. The number of aromatic nitrogens is 4. The van der Waals surface area contributed by atoms with Crippen molar-refractivity contribution in [3.8, 4) is 28.5 Å². The fourth-order valence-corrected chi connectivity index (χ4v) is 4.48. The van der Waals surface area contributed by atoms with Gasteiger partial charge in [0.2, 0.25) is 0 Å². The average Bonchev–Trinajstić information content (AvgIpc) is 3.20. The van der Waals surface area contributed by atoms with Gasteiger partial charge in [-0.1, -0.05) is 34.7 Å². The molecule has 2 N–H and O–H groups in total. The molecule has 0 unspecified atom stereocenters. The lowest BCUT2D eigenvalue weighted by molar-refractivity contribution is -0.139. The number of imidazole rings is 1. The Morgan fingerprint density at radius 1 is 1.15 bits per heavy atom. The first-order valence-corrected chi connectivity index (χ1v) is 12.1. The largest absolute Gasteiger partial charge is 0.481 e. The highest BCUT2D eigenvalue weighted by atomic mass is 127. The topological polar surface area (TPSA) is 101 Å². The van der Waals surface area contributed by atoms with Gasteiger partial charge in [0.05, 0.1) is 16.6 Å².